The smallest absolute Gasteiger partial charge is 0.0712 e. The molecule has 0 atom stereocenters. The SMILES string of the molecule is C=Cc1c(C2=C(\C)CC(=C)c3ccccc3N(n3c4ccccc4c4ccccc43)C/C=C\2)ccc2ccccc12.CC.CC.Cc1ccccc1. The van der Waals surface area contributed by atoms with Gasteiger partial charge in [-0.1, -0.05) is 192 Å². The fraction of sp³-hybridized carbons (Fsp3) is 0.160. The fourth-order valence-corrected chi connectivity index (χ4v) is 6.98. The molecule has 0 bridgehead atoms. The summed E-state index contributed by atoms with van der Waals surface area (Å²) in [6.07, 6.45) is 7.38. The van der Waals surface area contributed by atoms with Gasteiger partial charge in [-0.25, -0.2) is 0 Å². The van der Waals surface area contributed by atoms with E-state index in [0.29, 0.717) is 6.54 Å². The molecular formula is C50H52N2. The molecule has 1 aromatic heterocycles. The van der Waals surface area contributed by atoms with Gasteiger partial charge in [-0.15, -0.1) is 0 Å². The average molecular weight is 681 g/mol. The number of benzene rings is 6. The van der Waals surface area contributed by atoms with E-state index in [1.54, 1.807) is 0 Å². The van der Waals surface area contributed by atoms with E-state index in [-0.39, 0.29) is 0 Å². The van der Waals surface area contributed by atoms with E-state index in [4.69, 9.17) is 0 Å². The Morgan fingerprint density at radius 1 is 0.577 bits per heavy atom. The van der Waals surface area contributed by atoms with Crippen LogP contribution in [0.3, 0.4) is 0 Å². The first-order chi connectivity index (χ1) is 25.5. The zero-order valence-corrected chi connectivity index (χ0v) is 31.7. The van der Waals surface area contributed by atoms with Crippen LogP contribution in [0.15, 0.2) is 170 Å². The molecule has 262 valence electrons. The Labute approximate surface area is 311 Å². The highest BCUT2D eigenvalue weighted by Crippen LogP contribution is 2.38. The lowest BCUT2D eigenvalue weighted by Crippen LogP contribution is -2.30. The summed E-state index contributed by atoms with van der Waals surface area (Å²) in [5, 5.41) is 7.35. The first-order valence-electron chi connectivity index (χ1n) is 18.6. The Hall–Kier alpha value is -5.86. The molecule has 52 heavy (non-hydrogen) atoms. The lowest BCUT2D eigenvalue weighted by atomic mass is 9.88. The zero-order chi connectivity index (χ0) is 37.0. The van der Waals surface area contributed by atoms with Crippen molar-refractivity contribution in [3.05, 3.63) is 193 Å². The van der Waals surface area contributed by atoms with E-state index in [2.05, 4.69) is 170 Å². The van der Waals surface area contributed by atoms with Crippen LogP contribution in [0.5, 0.6) is 0 Å². The standard InChI is InChI=1S/C39H32N2.C7H8.2C2H6/c1-4-30-33-16-6-5-14-29(33)23-24-34(30)31-19-13-25-40(37-20-10-7-15-32(37)28(3)26-27(31)2)41-38-21-11-8-17-35(38)36-18-9-12-22-39(36)41;1-7-5-3-2-4-6-7;2*1-2/h4-24H,1,3,25-26H2,2H3;2-6H,1H3;2*1-2H3/b19-13-,31-27+;;;. The Kier molecular flexibility index (Phi) is 12.9. The van der Waals surface area contributed by atoms with Crippen molar-refractivity contribution in [2.24, 2.45) is 0 Å². The topological polar surface area (TPSA) is 8.17 Å². The Morgan fingerprint density at radius 3 is 1.75 bits per heavy atom. The quantitative estimate of drug-likeness (QED) is 0.180. The van der Waals surface area contributed by atoms with E-state index >= 15 is 0 Å². The maximum atomic E-state index is 4.63. The minimum absolute atomic E-state index is 0.695. The fourth-order valence-electron chi connectivity index (χ4n) is 6.98. The van der Waals surface area contributed by atoms with Gasteiger partial charge in [-0.05, 0) is 71.5 Å². The van der Waals surface area contributed by atoms with Crippen LogP contribution in [0.25, 0.3) is 49.8 Å². The minimum atomic E-state index is 0.695. The normalized spacial score (nSPS) is 14.6. The first kappa shape index (κ1) is 37.4. The number of nitrogens with zero attached hydrogens (tertiary/aromatic N) is 2. The number of aryl methyl sites for hydroxylation is 1. The summed E-state index contributed by atoms with van der Waals surface area (Å²) in [5.41, 5.74) is 12.0. The predicted octanol–water partition coefficient (Wildman–Crippen LogP) is 14.4. The first-order valence-corrected chi connectivity index (χ1v) is 18.6. The van der Waals surface area contributed by atoms with Gasteiger partial charge in [0, 0.05) is 16.3 Å². The van der Waals surface area contributed by atoms with Crippen LogP contribution in [-0.2, 0) is 0 Å². The molecule has 0 saturated heterocycles. The molecule has 0 saturated carbocycles. The lowest BCUT2D eigenvalue weighted by Gasteiger charge is -2.30. The summed E-state index contributed by atoms with van der Waals surface area (Å²) in [7, 11) is 0. The molecule has 0 radical (unpaired) electrons. The monoisotopic (exact) mass is 680 g/mol. The van der Waals surface area contributed by atoms with E-state index in [9.17, 15) is 0 Å². The molecule has 0 unspecified atom stereocenters. The molecule has 1 aliphatic rings. The van der Waals surface area contributed by atoms with Crippen molar-refractivity contribution in [3.8, 4) is 0 Å². The Balaban J connectivity index is 0.000000417. The molecule has 0 fully saturated rings. The van der Waals surface area contributed by atoms with Gasteiger partial charge in [0.1, 0.15) is 0 Å². The van der Waals surface area contributed by atoms with Crippen molar-refractivity contribution in [1.82, 2.24) is 4.68 Å². The van der Waals surface area contributed by atoms with Crippen LogP contribution in [0, 0.1) is 6.92 Å². The summed E-state index contributed by atoms with van der Waals surface area (Å²) >= 11 is 0. The Morgan fingerprint density at radius 2 is 1.13 bits per heavy atom. The van der Waals surface area contributed by atoms with Crippen LogP contribution in [0.4, 0.5) is 5.69 Å². The van der Waals surface area contributed by atoms with Crippen molar-refractivity contribution in [2.45, 2.75) is 48.0 Å². The van der Waals surface area contributed by atoms with Gasteiger partial charge in [-0.2, -0.15) is 0 Å². The number of para-hydroxylation sites is 3. The van der Waals surface area contributed by atoms with Crippen molar-refractivity contribution < 1.29 is 0 Å². The largest absolute Gasteiger partial charge is 0.276 e. The number of allylic oxidation sites excluding steroid dienone is 4. The third-order valence-corrected chi connectivity index (χ3v) is 9.27. The zero-order valence-electron chi connectivity index (χ0n) is 31.7. The van der Waals surface area contributed by atoms with E-state index in [1.807, 2.05) is 52.0 Å². The molecule has 0 spiro atoms. The van der Waals surface area contributed by atoms with Crippen LogP contribution < -0.4 is 5.01 Å². The highest BCUT2D eigenvalue weighted by Gasteiger charge is 2.21. The second-order valence-electron chi connectivity index (χ2n) is 12.4. The van der Waals surface area contributed by atoms with Gasteiger partial charge in [-0.3, -0.25) is 9.69 Å². The number of fused-ring (bicyclic) bond motifs is 5. The number of anilines is 1. The number of hydrogen-bond acceptors (Lipinski definition) is 1. The number of hydrogen-bond donors (Lipinski definition) is 0. The van der Waals surface area contributed by atoms with Crippen LogP contribution >= 0.6 is 0 Å². The van der Waals surface area contributed by atoms with Crippen molar-refractivity contribution in [2.75, 3.05) is 11.6 Å². The van der Waals surface area contributed by atoms with Gasteiger partial charge in [0.2, 0.25) is 0 Å². The molecule has 0 aliphatic carbocycles. The molecule has 2 nitrogen and oxygen atoms in total. The van der Waals surface area contributed by atoms with Gasteiger partial charge in [0.05, 0.1) is 23.3 Å². The van der Waals surface area contributed by atoms with Crippen molar-refractivity contribution >= 4 is 55.5 Å². The van der Waals surface area contributed by atoms with Gasteiger partial charge < -0.3 is 0 Å². The second kappa shape index (κ2) is 17.9. The summed E-state index contributed by atoms with van der Waals surface area (Å²) < 4.78 is 2.38. The molecule has 0 amide bonds. The molecule has 8 rings (SSSR count). The van der Waals surface area contributed by atoms with Crippen LogP contribution in [0.2, 0.25) is 0 Å². The molecule has 6 aromatic carbocycles. The number of rotatable bonds is 3. The third kappa shape index (κ3) is 7.72. The van der Waals surface area contributed by atoms with Crippen LogP contribution in [0.1, 0.15) is 63.3 Å². The summed E-state index contributed by atoms with van der Waals surface area (Å²) in [4.78, 5) is 0. The highest BCUT2D eigenvalue weighted by atomic mass is 15.5. The summed E-state index contributed by atoms with van der Waals surface area (Å²) in [6, 6.07) is 49.3. The van der Waals surface area contributed by atoms with E-state index in [1.165, 1.54) is 66.0 Å². The lowest BCUT2D eigenvalue weighted by molar-refractivity contribution is 0.788. The predicted molar refractivity (Wildman–Crippen MR) is 232 cm³/mol. The Bertz CT molecular complexity index is 2300. The second-order valence-corrected chi connectivity index (χ2v) is 12.4. The maximum Gasteiger partial charge on any atom is 0.0712 e. The van der Waals surface area contributed by atoms with Gasteiger partial charge in [0.15, 0.2) is 0 Å². The number of aromatic nitrogens is 1. The van der Waals surface area contributed by atoms with Crippen molar-refractivity contribution in [1.29, 1.82) is 0 Å². The van der Waals surface area contributed by atoms with E-state index in [0.717, 1.165) is 17.7 Å². The van der Waals surface area contributed by atoms with Gasteiger partial charge >= 0.3 is 0 Å². The molecule has 0 N–H and O–H groups in total. The molecule has 2 heteroatoms. The highest BCUT2D eigenvalue weighted by molar-refractivity contribution is 6.08. The van der Waals surface area contributed by atoms with Gasteiger partial charge in [0.25, 0.3) is 0 Å². The molecular weight excluding hydrogens is 629 g/mol. The van der Waals surface area contributed by atoms with E-state index < -0.39 is 0 Å². The summed E-state index contributed by atoms with van der Waals surface area (Å²) in [5.74, 6) is 0. The maximum absolute atomic E-state index is 4.63. The molecule has 1 aliphatic heterocycles. The third-order valence-electron chi connectivity index (χ3n) is 9.27. The average Bonchev–Trinajstić information content (AvgIpc) is 3.53. The minimum Gasteiger partial charge on any atom is -0.276 e. The molecule has 2 heterocycles. The van der Waals surface area contributed by atoms with Crippen LogP contribution in [-0.4, -0.2) is 11.2 Å². The van der Waals surface area contributed by atoms with Crippen molar-refractivity contribution in [3.63, 3.8) is 0 Å². The summed E-state index contributed by atoms with van der Waals surface area (Å²) in [6.45, 7) is 21.9. The molecule has 7 aromatic rings.